The highest BCUT2D eigenvalue weighted by Crippen LogP contribution is 2.32. The van der Waals surface area contributed by atoms with Gasteiger partial charge in [0.2, 0.25) is 0 Å². The van der Waals surface area contributed by atoms with Gasteiger partial charge < -0.3 is 10.2 Å². The second kappa shape index (κ2) is 7.52. The number of hydrogen-bond acceptors (Lipinski definition) is 4. The lowest BCUT2D eigenvalue weighted by Crippen LogP contribution is -2.15. The molecule has 21 heavy (non-hydrogen) atoms. The third-order valence-corrected chi connectivity index (χ3v) is 4.38. The van der Waals surface area contributed by atoms with Gasteiger partial charge in [0.25, 0.3) is 0 Å². The average molecular weight is 307 g/mol. The van der Waals surface area contributed by atoms with E-state index in [0.29, 0.717) is 0 Å². The summed E-state index contributed by atoms with van der Waals surface area (Å²) in [5.74, 6) is -0.216. The van der Waals surface area contributed by atoms with E-state index in [1.807, 2.05) is 13.1 Å². The van der Waals surface area contributed by atoms with E-state index in [1.54, 1.807) is 23.5 Å². The molecule has 1 N–H and O–H groups in total. The largest absolute Gasteiger partial charge is 0.318 e. The minimum Gasteiger partial charge on any atom is -0.318 e. The van der Waals surface area contributed by atoms with Gasteiger partial charge in [-0.3, -0.25) is 0 Å². The number of aryl methyl sites for hydroxylation is 1. The standard InChI is InChI=1S/C16H22FN3S/c1-4-7-14-15(11-18-3)21-16(19-14)20(5-2)13-9-6-8-12(17)10-13/h6,8-10,18H,4-5,7,11H2,1-3H3. The van der Waals surface area contributed by atoms with Crippen molar-refractivity contribution in [3.63, 3.8) is 0 Å². The van der Waals surface area contributed by atoms with E-state index in [4.69, 9.17) is 4.98 Å². The minimum atomic E-state index is -0.216. The third kappa shape index (κ3) is 3.80. The Morgan fingerprint density at radius 1 is 1.33 bits per heavy atom. The van der Waals surface area contributed by atoms with Crippen molar-refractivity contribution in [1.82, 2.24) is 10.3 Å². The summed E-state index contributed by atoms with van der Waals surface area (Å²) in [6.45, 7) is 5.81. The Kier molecular flexibility index (Phi) is 5.70. The van der Waals surface area contributed by atoms with Crippen molar-refractivity contribution in [1.29, 1.82) is 0 Å². The van der Waals surface area contributed by atoms with Gasteiger partial charge in [-0.05, 0) is 38.6 Å². The normalized spacial score (nSPS) is 10.9. The molecule has 3 nitrogen and oxygen atoms in total. The summed E-state index contributed by atoms with van der Waals surface area (Å²) in [4.78, 5) is 8.11. The molecule has 0 fully saturated rings. The maximum absolute atomic E-state index is 13.5. The first-order valence-corrected chi connectivity index (χ1v) is 8.17. The highest BCUT2D eigenvalue weighted by atomic mass is 32.1. The Balaban J connectivity index is 2.35. The van der Waals surface area contributed by atoms with Crippen molar-refractivity contribution in [2.24, 2.45) is 0 Å². The summed E-state index contributed by atoms with van der Waals surface area (Å²) in [6.07, 6.45) is 2.06. The van der Waals surface area contributed by atoms with Crippen LogP contribution in [0.25, 0.3) is 0 Å². The number of anilines is 2. The lowest BCUT2D eigenvalue weighted by atomic mass is 10.2. The van der Waals surface area contributed by atoms with Crippen LogP contribution in [-0.4, -0.2) is 18.6 Å². The van der Waals surface area contributed by atoms with Gasteiger partial charge in [-0.15, -0.1) is 0 Å². The quantitative estimate of drug-likeness (QED) is 0.834. The van der Waals surface area contributed by atoms with Crippen molar-refractivity contribution in [2.45, 2.75) is 33.2 Å². The molecule has 0 aliphatic heterocycles. The fourth-order valence-electron chi connectivity index (χ4n) is 2.29. The lowest BCUT2D eigenvalue weighted by Gasteiger charge is -2.19. The van der Waals surface area contributed by atoms with Gasteiger partial charge in [0.15, 0.2) is 5.13 Å². The molecular weight excluding hydrogens is 285 g/mol. The highest BCUT2D eigenvalue weighted by molar-refractivity contribution is 7.15. The van der Waals surface area contributed by atoms with Crippen LogP contribution in [0.5, 0.6) is 0 Å². The van der Waals surface area contributed by atoms with Crippen LogP contribution < -0.4 is 10.2 Å². The van der Waals surface area contributed by atoms with E-state index in [-0.39, 0.29) is 5.82 Å². The first-order valence-electron chi connectivity index (χ1n) is 7.35. The molecular formula is C16H22FN3S. The van der Waals surface area contributed by atoms with E-state index in [0.717, 1.165) is 42.4 Å². The molecule has 0 aliphatic carbocycles. The number of benzene rings is 1. The Hall–Kier alpha value is -1.46. The Morgan fingerprint density at radius 3 is 2.76 bits per heavy atom. The monoisotopic (exact) mass is 307 g/mol. The number of aromatic nitrogens is 1. The molecule has 0 aliphatic rings. The number of nitrogens with zero attached hydrogens (tertiary/aromatic N) is 2. The highest BCUT2D eigenvalue weighted by Gasteiger charge is 2.16. The van der Waals surface area contributed by atoms with Gasteiger partial charge >= 0.3 is 0 Å². The average Bonchev–Trinajstić information content (AvgIpc) is 2.84. The summed E-state index contributed by atoms with van der Waals surface area (Å²) in [6, 6.07) is 6.68. The van der Waals surface area contributed by atoms with Crippen LogP contribution in [0.15, 0.2) is 24.3 Å². The fourth-order valence-corrected chi connectivity index (χ4v) is 3.49. The predicted molar refractivity (Wildman–Crippen MR) is 88.0 cm³/mol. The van der Waals surface area contributed by atoms with Gasteiger partial charge in [0.1, 0.15) is 5.82 Å². The summed E-state index contributed by atoms with van der Waals surface area (Å²) >= 11 is 1.69. The first-order chi connectivity index (χ1) is 10.2. The van der Waals surface area contributed by atoms with E-state index < -0.39 is 0 Å². The van der Waals surface area contributed by atoms with Crippen LogP contribution in [0.4, 0.5) is 15.2 Å². The lowest BCUT2D eigenvalue weighted by molar-refractivity contribution is 0.627. The van der Waals surface area contributed by atoms with Crippen molar-refractivity contribution < 1.29 is 4.39 Å². The van der Waals surface area contributed by atoms with Crippen LogP contribution in [0.1, 0.15) is 30.8 Å². The molecule has 0 amide bonds. The van der Waals surface area contributed by atoms with E-state index in [2.05, 4.69) is 24.1 Å². The summed E-state index contributed by atoms with van der Waals surface area (Å²) in [5.41, 5.74) is 2.01. The minimum absolute atomic E-state index is 0.216. The van der Waals surface area contributed by atoms with Gasteiger partial charge in [-0.2, -0.15) is 0 Å². The third-order valence-electron chi connectivity index (χ3n) is 3.26. The predicted octanol–water partition coefficient (Wildman–Crippen LogP) is 4.11. The second-order valence-electron chi connectivity index (χ2n) is 4.87. The summed E-state index contributed by atoms with van der Waals surface area (Å²) in [5, 5.41) is 4.14. The zero-order valence-electron chi connectivity index (χ0n) is 12.8. The van der Waals surface area contributed by atoms with Crippen molar-refractivity contribution >= 4 is 22.2 Å². The van der Waals surface area contributed by atoms with Gasteiger partial charge in [0, 0.05) is 23.7 Å². The molecule has 0 bridgehead atoms. The number of thiazole rings is 1. The molecule has 114 valence electrons. The van der Waals surface area contributed by atoms with E-state index >= 15 is 0 Å². The van der Waals surface area contributed by atoms with Crippen molar-refractivity contribution in [3.05, 3.63) is 40.7 Å². The zero-order valence-corrected chi connectivity index (χ0v) is 13.6. The Morgan fingerprint density at radius 2 is 2.14 bits per heavy atom. The molecule has 0 saturated heterocycles. The van der Waals surface area contributed by atoms with Crippen LogP contribution in [0.3, 0.4) is 0 Å². The summed E-state index contributed by atoms with van der Waals surface area (Å²) < 4.78 is 13.5. The molecule has 0 unspecified atom stereocenters. The molecule has 1 heterocycles. The van der Waals surface area contributed by atoms with Crippen molar-refractivity contribution in [3.8, 4) is 0 Å². The molecule has 0 atom stereocenters. The molecule has 0 saturated carbocycles. The van der Waals surface area contributed by atoms with Crippen LogP contribution in [0, 0.1) is 5.82 Å². The topological polar surface area (TPSA) is 28.2 Å². The van der Waals surface area contributed by atoms with Crippen LogP contribution >= 0.6 is 11.3 Å². The number of rotatable bonds is 7. The van der Waals surface area contributed by atoms with Crippen LogP contribution in [0.2, 0.25) is 0 Å². The van der Waals surface area contributed by atoms with E-state index in [1.165, 1.54) is 10.9 Å². The number of hydrogen-bond donors (Lipinski definition) is 1. The fraction of sp³-hybridized carbons (Fsp3) is 0.438. The maximum atomic E-state index is 13.5. The number of halogens is 1. The van der Waals surface area contributed by atoms with Crippen molar-refractivity contribution in [2.75, 3.05) is 18.5 Å². The molecule has 5 heteroatoms. The molecule has 1 aromatic carbocycles. The zero-order chi connectivity index (χ0) is 15.2. The maximum Gasteiger partial charge on any atom is 0.190 e. The molecule has 0 spiro atoms. The second-order valence-corrected chi connectivity index (χ2v) is 5.93. The first kappa shape index (κ1) is 15.9. The van der Waals surface area contributed by atoms with E-state index in [9.17, 15) is 4.39 Å². The molecule has 0 radical (unpaired) electrons. The SMILES string of the molecule is CCCc1nc(N(CC)c2cccc(F)c2)sc1CNC. The molecule has 1 aromatic heterocycles. The molecule has 2 rings (SSSR count). The molecule has 2 aromatic rings. The Labute approximate surface area is 129 Å². The van der Waals surface area contributed by atoms with Gasteiger partial charge in [-0.1, -0.05) is 30.7 Å². The number of nitrogens with one attached hydrogen (secondary N) is 1. The smallest absolute Gasteiger partial charge is 0.190 e. The summed E-state index contributed by atoms with van der Waals surface area (Å²) in [7, 11) is 1.94. The Bertz CT molecular complexity index is 559. The van der Waals surface area contributed by atoms with Gasteiger partial charge in [-0.25, -0.2) is 9.37 Å². The van der Waals surface area contributed by atoms with Crippen LogP contribution in [-0.2, 0) is 13.0 Å². The van der Waals surface area contributed by atoms with Gasteiger partial charge in [0.05, 0.1) is 5.69 Å².